The molecule has 0 saturated heterocycles. The van der Waals surface area contributed by atoms with Crippen LogP contribution in [0.3, 0.4) is 0 Å². The monoisotopic (exact) mass is 274 g/mol. The van der Waals surface area contributed by atoms with Crippen LogP contribution in [0, 0.1) is 5.41 Å². The Morgan fingerprint density at radius 2 is 1.90 bits per heavy atom. The zero-order chi connectivity index (χ0) is 14.9. The number of hydrogen-bond donors (Lipinski definition) is 0. The summed E-state index contributed by atoms with van der Waals surface area (Å²) in [6, 6.07) is 4.27. The van der Waals surface area contributed by atoms with Crippen molar-refractivity contribution in [3.8, 4) is 5.75 Å². The third kappa shape index (κ3) is 3.05. The fraction of sp³-hybridized carbons (Fsp3) is 0.611. The minimum atomic E-state index is -0.376. The van der Waals surface area contributed by atoms with Gasteiger partial charge in [-0.05, 0) is 42.4 Å². The van der Waals surface area contributed by atoms with Gasteiger partial charge >= 0.3 is 0 Å². The lowest BCUT2D eigenvalue weighted by molar-refractivity contribution is 0.0854. The molecular formula is C18H26O2. The molecule has 0 atom stereocenters. The van der Waals surface area contributed by atoms with E-state index in [1.165, 1.54) is 11.1 Å². The Morgan fingerprint density at radius 3 is 2.50 bits per heavy atom. The Kier molecular flexibility index (Phi) is 4.22. The van der Waals surface area contributed by atoms with Gasteiger partial charge in [-0.1, -0.05) is 40.7 Å². The van der Waals surface area contributed by atoms with E-state index in [2.05, 4.69) is 19.9 Å². The summed E-state index contributed by atoms with van der Waals surface area (Å²) in [4.78, 5) is 12.7. The number of carbonyl (C=O) groups is 1. The zero-order valence-electron chi connectivity index (χ0n) is 13.4. The van der Waals surface area contributed by atoms with Crippen LogP contribution in [0.1, 0.15) is 74.9 Å². The first-order valence-electron chi connectivity index (χ1n) is 7.65. The topological polar surface area (TPSA) is 26.3 Å². The molecule has 0 fully saturated rings. The average Bonchev–Trinajstić information content (AvgIpc) is 2.60. The number of rotatable bonds is 2. The van der Waals surface area contributed by atoms with E-state index in [9.17, 15) is 4.79 Å². The van der Waals surface area contributed by atoms with Gasteiger partial charge in [0, 0.05) is 5.41 Å². The summed E-state index contributed by atoms with van der Waals surface area (Å²) in [5.74, 6) is 1.44. The largest absolute Gasteiger partial charge is 0.493 e. The molecule has 1 aliphatic heterocycles. The van der Waals surface area contributed by atoms with E-state index in [0.717, 1.165) is 37.2 Å². The van der Waals surface area contributed by atoms with Crippen LogP contribution in [0.15, 0.2) is 12.1 Å². The molecule has 2 nitrogen and oxygen atoms in total. The molecule has 0 spiro atoms. The first-order chi connectivity index (χ1) is 9.30. The summed E-state index contributed by atoms with van der Waals surface area (Å²) < 4.78 is 5.91. The van der Waals surface area contributed by atoms with E-state index < -0.39 is 0 Å². The Balaban J connectivity index is 2.58. The second-order valence-corrected chi connectivity index (χ2v) is 7.10. The van der Waals surface area contributed by atoms with E-state index in [1.807, 2.05) is 26.8 Å². The fourth-order valence-corrected chi connectivity index (χ4v) is 2.57. The minimum absolute atomic E-state index is 0.179. The molecule has 0 amide bonds. The molecule has 2 heteroatoms. The zero-order valence-corrected chi connectivity index (χ0v) is 13.4. The van der Waals surface area contributed by atoms with E-state index in [0.29, 0.717) is 5.92 Å². The van der Waals surface area contributed by atoms with Crippen LogP contribution in [-0.2, 0) is 6.42 Å². The molecule has 2 rings (SSSR count). The molecule has 0 aromatic heterocycles. The lowest BCUT2D eigenvalue weighted by Gasteiger charge is -2.22. The Hall–Kier alpha value is -1.31. The maximum Gasteiger partial charge on any atom is 0.171 e. The Morgan fingerprint density at radius 1 is 1.20 bits per heavy atom. The number of ketones is 1. The molecule has 1 heterocycles. The lowest BCUT2D eigenvalue weighted by atomic mass is 9.83. The van der Waals surface area contributed by atoms with Crippen LogP contribution in [-0.4, -0.2) is 12.4 Å². The van der Waals surface area contributed by atoms with Crippen molar-refractivity contribution in [3.63, 3.8) is 0 Å². The van der Waals surface area contributed by atoms with Crippen LogP contribution in [0.2, 0.25) is 0 Å². The van der Waals surface area contributed by atoms with Gasteiger partial charge in [0.2, 0.25) is 0 Å². The molecule has 20 heavy (non-hydrogen) atoms. The summed E-state index contributed by atoms with van der Waals surface area (Å²) in [7, 11) is 0. The van der Waals surface area contributed by atoms with Crippen molar-refractivity contribution in [2.24, 2.45) is 5.41 Å². The van der Waals surface area contributed by atoms with E-state index in [-0.39, 0.29) is 11.2 Å². The summed E-state index contributed by atoms with van der Waals surface area (Å²) in [6.45, 7) is 11.0. The van der Waals surface area contributed by atoms with Gasteiger partial charge in [-0.2, -0.15) is 0 Å². The number of carbonyl (C=O) groups excluding carboxylic acids is 1. The number of benzene rings is 1. The number of hydrogen-bond acceptors (Lipinski definition) is 2. The highest BCUT2D eigenvalue weighted by Gasteiger charge is 2.28. The number of Topliss-reactive ketones (excluding diaryl/α,β-unsaturated/α-hetero) is 1. The van der Waals surface area contributed by atoms with Crippen molar-refractivity contribution in [1.82, 2.24) is 0 Å². The predicted molar refractivity (Wildman–Crippen MR) is 82.7 cm³/mol. The molecule has 0 aliphatic carbocycles. The highest BCUT2D eigenvalue weighted by molar-refractivity contribution is 6.02. The van der Waals surface area contributed by atoms with Gasteiger partial charge in [-0.3, -0.25) is 4.79 Å². The quantitative estimate of drug-likeness (QED) is 0.727. The van der Waals surface area contributed by atoms with Crippen molar-refractivity contribution in [2.75, 3.05) is 6.61 Å². The number of ether oxygens (including phenoxy) is 1. The van der Waals surface area contributed by atoms with Gasteiger partial charge in [0.05, 0.1) is 12.2 Å². The van der Waals surface area contributed by atoms with Gasteiger partial charge in [0.1, 0.15) is 5.75 Å². The molecule has 1 aliphatic rings. The second-order valence-electron chi connectivity index (χ2n) is 7.10. The summed E-state index contributed by atoms with van der Waals surface area (Å²) in [6.07, 6.45) is 3.22. The van der Waals surface area contributed by atoms with Gasteiger partial charge in [-0.25, -0.2) is 0 Å². The molecule has 0 saturated carbocycles. The maximum absolute atomic E-state index is 12.7. The Labute approximate surface area is 122 Å². The molecule has 1 aromatic carbocycles. The summed E-state index contributed by atoms with van der Waals surface area (Å²) >= 11 is 0. The van der Waals surface area contributed by atoms with Crippen molar-refractivity contribution < 1.29 is 9.53 Å². The molecule has 0 unspecified atom stereocenters. The van der Waals surface area contributed by atoms with Crippen molar-refractivity contribution >= 4 is 5.78 Å². The first-order valence-corrected chi connectivity index (χ1v) is 7.65. The highest BCUT2D eigenvalue weighted by Crippen LogP contribution is 2.35. The van der Waals surface area contributed by atoms with Crippen molar-refractivity contribution in [2.45, 2.75) is 59.8 Å². The highest BCUT2D eigenvalue weighted by atomic mass is 16.5. The van der Waals surface area contributed by atoms with Crippen molar-refractivity contribution in [3.05, 3.63) is 28.8 Å². The summed E-state index contributed by atoms with van der Waals surface area (Å²) in [5.41, 5.74) is 2.85. The van der Waals surface area contributed by atoms with Crippen LogP contribution in [0.5, 0.6) is 5.75 Å². The van der Waals surface area contributed by atoms with Gasteiger partial charge in [-0.15, -0.1) is 0 Å². The molecule has 0 N–H and O–H groups in total. The first kappa shape index (κ1) is 15.1. The third-order valence-electron chi connectivity index (χ3n) is 3.87. The average molecular weight is 274 g/mol. The van der Waals surface area contributed by atoms with Crippen LogP contribution >= 0.6 is 0 Å². The van der Waals surface area contributed by atoms with E-state index in [4.69, 9.17) is 4.74 Å². The molecular weight excluding hydrogens is 248 g/mol. The Bertz CT molecular complexity index is 507. The van der Waals surface area contributed by atoms with Crippen molar-refractivity contribution in [1.29, 1.82) is 0 Å². The molecule has 0 bridgehead atoms. The maximum atomic E-state index is 12.7. The minimum Gasteiger partial charge on any atom is -0.493 e. The second kappa shape index (κ2) is 5.59. The number of aryl methyl sites for hydroxylation is 1. The normalized spacial score (nSPS) is 15.5. The standard InChI is InChI=1S/C18H26O2/c1-12(2)14-10-13-8-6-7-9-20-16(13)15(11-14)17(19)18(3,4)5/h10-12H,6-9H2,1-5H3. The SMILES string of the molecule is CC(C)c1cc2c(c(C(=O)C(C)(C)C)c1)OCCCC2. The lowest BCUT2D eigenvalue weighted by Crippen LogP contribution is -2.22. The molecule has 110 valence electrons. The number of fused-ring (bicyclic) bond motifs is 1. The molecule has 1 aromatic rings. The van der Waals surface area contributed by atoms with E-state index >= 15 is 0 Å². The third-order valence-corrected chi connectivity index (χ3v) is 3.87. The van der Waals surface area contributed by atoms with Crippen LogP contribution in [0.4, 0.5) is 0 Å². The van der Waals surface area contributed by atoms with Gasteiger partial charge in [0.15, 0.2) is 5.78 Å². The van der Waals surface area contributed by atoms with E-state index in [1.54, 1.807) is 0 Å². The van der Waals surface area contributed by atoms with Crippen LogP contribution < -0.4 is 4.74 Å². The predicted octanol–water partition coefficient (Wildman–Crippen LogP) is 4.75. The van der Waals surface area contributed by atoms with Gasteiger partial charge in [0.25, 0.3) is 0 Å². The van der Waals surface area contributed by atoms with Gasteiger partial charge < -0.3 is 4.74 Å². The smallest absolute Gasteiger partial charge is 0.171 e. The van der Waals surface area contributed by atoms with Crippen LogP contribution in [0.25, 0.3) is 0 Å². The summed E-state index contributed by atoms with van der Waals surface area (Å²) in [5, 5.41) is 0. The molecule has 0 radical (unpaired) electrons. The fourth-order valence-electron chi connectivity index (χ4n) is 2.57.